The Balaban J connectivity index is 1.28. The summed E-state index contributed by atoms with van der Waals surface area (Å²) >= 11 is 1.87. The molecule has 2 aromatic heterocycles. The van der Waals surface area contributed by atoms with Crippen molar-refractivity contribution in [1.82, 2.24) is 15.4 Å². The zero-order valence-corrected chi connectivity index (χ0v) is 37.2. The fourth-order valence-corrected chi connectivity index (χ4v) is 11.2. The number of hydrogen-bond acceptors (Lipinski definition) is 4. The van der Waals surface area contributed by atoms with E-state index >= 15 is 0 Å². The van der Waals surface area contributed by atoms with Crippen LogP contribution in [-0.4, -0.2) is 15.4 Å². The molecule has 0 fully saturated rings. The molecule has 0 N–H and O–H groups in total. The summed E-state index contributed by atoms with van der Waals surface area (Å²) < 4.78 is 2.46. The first kappa shape index (κ1) is 40.0. The van der Waals surface area contributed by atoms with Gasteiger partial charge in [-0.25, -0.2) is 0 Å². The molecule has 2 heterocycles. The molecule has 0 aliphatic carbocycles. The van der Waals surface area contributed by atoms with Crippen LogP contribution in [0.1, 0.15) is 0 Å². The minimum Gasteiger partial charge on any atom is -0.134 e. The Bertz CT molecular complexity index is 3720. The summed E-state index contributed by atoms with van der Waals surface area (Å²) in [6.07, 6.45) is 0. The molecule has 12 rings (SSSR count). The van der Waals surface area contributed by atoms with Crippen LogP contribution in [0.4, 0.5) is 0 Å². The first-order valence-corrected chi connectivity index (χ1v) is 23.4. The Morgan fingerprint density at radius 2 is 0.642 bits per heavy atom. The SMILES string of the molecule is c1ccc(-c2ccccc2-c2c(-c3ccccc3)nnnc2-c2ccccc2-c2c(-c3ccccc3)c(-c3ccccc3-c3ccccc3)c(-c3ccccc3)c3sc4ccccc4c23)cc1. The van der Waals surface area contributed by atoms with Gasteiger partial charge in [0.25, 0.3) is 0 Å². The van der Waals surface area contributed by atoms with Gasteiger partial charge < -0.3 is 0 Å². The maximum atomic E-state index is 5.11. The standard InChI is InChI=1S/C63H41N3S/c1-6-24-42(25-7-1)47-34-16-18-36-49(47)57-55(44-28-10-3-11-29-44)58(59-53-40-22-23-41-54(53)67-63(59)56(57)45-30-12-4-13-31-45)51-38-20-21-39-52(51)62-60(61(64-66-65-62)46-32-14-5-15-33-46)50-37-19-17-35-48(50)43-26-8-2-9-27-43/h1-41H. The van der Waals surface area contributed by atoms with Crippen molar-refractivity contribution in [3.63, 3.8) is 0 Å². The van der Waals surface area contributed by atoms with Crippen LogP contribution in [0.25, 0.3) is 121 Å². The number of fused-ring (bicyclic) bond motifs is 3. The third-order valence-corrected chi connectivity index (χ3v) is 14.0. The van der Waals surface area contributed by atoms with E-state index in [2.05, 4.69) is 248 Å². The summed E-state index contributed by atoms with van der Waals surface area (Å²) in [7, 11) is 0. The van der Waals surface area contributed by atoms with Crippen LogP contribution in [0.5, 0.6) is 0 Å². The fraction of sp³-hybridized carbons (Fsp3) is 0. The van der Waals surface area contributed by atoms with E-state index in [1.807, 2.05) is 17.4 Å². The summed E-state index contributed by atoms with van der Waals surface area (Å²) in [6.45, 7) is 0. The number of benzene rings is 10. The zero-order chi connectivity index (χ0) is 44.5. The topological polar surface area (TPSA) is 38.7 Å². The molecule has 67 heavy (non-hydrogen) atoms. The molecule has 0 atom stereocenters. The summed E-state index contributed by atoms with van der Waals surface area (Å²) in [4.78, 5) is 0. The van der Waals surface area contributed by atoms with Gasteiger partial charge in [-0.2, -0.15) is 0 Å². The summed E-state index contributed by atoms with van der Waals surface area (Å²) in [5, 5.41) is 17.0. The molecule has 0 amide bonds. The highest BCUT2D eigenvalue weighted by molar-refractivity contribution is 7.26. The maximum Gasteiger partial charge on any atom is 0.105 e. The lowest BCUT2D eigenvalue weighted by Gasteiger charge is -2.25. The molecule has 4 heteroatoms. The van der Waals surface area contributed by atoms with E-state index in [-0.39, 0.29) is 0 Å². The molecule has 0 radical (unpaired) electrons. The normalized spacial score (nSPS) is 11.3. The molecule has 0 spiro atoms. The Morgan fingerprint density at radius 1 is 0.254 bits per heavy atom. The van der Waals surface area contributed by atoms with E-state index in [4.69, 9.17) is 10.2 Å². The van der Waals surface area contributed by atoms with Gasteiger partial charge in [0.15, 0.2) is 0 Å². The number of nitrogens with zero attached hydrogens (tertiary/aromatic N) is 3. The van der Waals surface area contributed by atoms with E-state index < -0.39 is 0 Å². The van der Waals surface area contributed by atoms with Crippen molar-refractivity contribution in [3.05, 3.63) is 249 Å². The van der Waals surface area contributed by atoms with Crippen molar-refractivity contribution in [2.45, 2.75) is 0 Å². The molecule has 3 nitrogen and oxygen atoms in total. The minimum absolute atomic E-state index is 0.762. The average molecular weight is 872 g/mol. The molecular weight excluding hydrogens is 831 g/mol. The van der Waals surface area contributed by atoms with Crippen molar-refractivity contribution in [2.75, 3.05) is 0 Å². The highest BCUT2D eigenvalue weighted by Gasteiger charge is 2.30. The first-order chi connectivity index (χ1) is 33.3. The third kappa shape index (κ3) is 7.12. The monoisotopic (exact) mass is 871 g/mol. The largest absolute Gasteiger partial charge is 0.134 e. The average Bonchev–Trinajstić information content (AvgIpc) is 3.80. The van der Waals surface area contributed by atoms with Gasteiger partial charge in [-0.1, -0.05) is 243 Å². The van der Waals surface area contributed by atoms with Gasteiger partial charge in [-0.05, 0) is 66.9 Å². The summed E-state index contributed by atoms with van der Waals surface area (Å²) in [5.41, 5.74) is 19.2. The highest BCUT2D eigenvalue weighted by atomic mass is 32.1. The molecule has 0 saturated carbocycles. The Kier molecular flexibility index (Phi) is 10.4. The van der Waals surface area contributed by atoms with Crippen molar-refractivity contribution in [1.29, 1.82) is 0 Å². The molecular formula is C63H41N3S. The van der Waals surface area contributed by atoms with E-state index in [9.17, 15) is 0 Å². The molecule has 0 unspecified atom stereocenters. The van der Waals surface area contributed by atoms with E-state index in [1.54, 1.807) is 0 Å². The predicted molar refractivity (Wildman–Crippen MR) is 282 cm³/mol. The van der Waals surface area contributed by atoms with Crippen molar-refractivity contribution in [2.24, 2.45) is 0 Å². The van der Waals surface area contributed by atoms with Crippen LogP contribution in [0.2, 0.25) is 0 Å². The molecule has 0 aliphatic heterocycles. The number of hydrogen-bond donors (Lipinski definition) is 0. The molecule has 0 saturated heterocycles. The van der Waals surface area contributed by atoms with Crippen LogP contribution in [-0.2, 0) is 0 Å². The van der Waals surface area contributed by atoms with Crippen LogP contribution < -0.4 is 0 Å². The molecule has 0 aliphatic rings. The summed E-state index contributed by atoms with van der Waals surface area (Å²) in [5.74, 6) is 0. The molecule has 0 bridgehead atoms. The van der Waals surface area contributed by atoms with Gasteiger partial charge in [0.2, 0.25) is 0 Å². The lowest BCUT2D eigenvalue weighted by molar-refractivity contribution is 0.879. The van der Waals surface area contributed by atoms with E-state index in [1.165, 1.54) is 42.4 Å². The Hall–Kier alpha value is -8.57. The lowest BCUT2D eigenvalue weighted by atomic mass is 9.77. The second-order valence-electron chi connectivity index (χ2n) is 16.6. The van der Waals surface area contributed by atoms with Crippen LogP contribution in [0.3, 0.4) is 0 Å². The van der Waals surface area contributed by atoms with Gasteiger partial charge in [0.05, 0.1) is 0 Å². The highest BCUT2D eigenvalue weighted by Crippen LogP contribution is 2.57. The quantitative estimate of drug-likeness (QED) is 0.145. The first-order valence-electron chi connectivity index (χ1n) is 22.6. The Labute approximate surface area is 394 Å². The predicted octanol–water partition coefficient (Wildman–Crippen LogP) is 17.2. The molecule has 314 valence electrons. The second kappa shape index (κ2) is 17.4. The molecule has 12 aromatic rings. The second-order valence-corrected chi connectivity index (χ2v) is 17.7. The van der Waals surface area contributed by atoms with Crippen LogP contribution in [0.15, 0.2) is 249 Å². The van der Waals surface area contributed by atoms with Crippen molar-refractivity contribution >= 4 is 31.5 Å². The van der Waals surface area contributed by atoms with Gasteiger partial charge in [-0.15, -0.1) is 21.5 Å². The smallest absolute Gasteiger partial charge is 0.105 e. The van der Waals surface area contributed by atoms with Gasteiger partial charge in [-0.3, -0.25) is 0 Å². The van der Waals surface area contributed by atoms with E-state index in [0.717, 1.165) is 78.1 Å². The Morgan fingerprint density at radius 3 is 1.19 bits per heavy atom. The fourth-order valence-electron chi connectivity index (χ4n) is 9.89. The maximum absolute atomic E-state index is 5.11. The van der Waals surface area contributed by atoms with Crippen molar-refractivity contribution in [3.8, 4) is 100 Å². The van der Waals surface area contributed by atoms with Gasteiger partial charge >= 0.3 is 0 Å². The van der Waals surface area contributed by atoms with Crippen LogP contribution in [0, 0.1) is 0 Å². The number of rotatable bonds is 9. The zero-order valence-electron chi connectivity index (χ0n) is 36.4. The van der Waals surface area contributed by atoms with Gasteiger partial charge in [0, 0.05) is 53.6 Å². The van der Waals surface area contributed by atoms with E-state index in [0.29, 0.717) is 0 Å². The lowest BCUT2D eigenvalue weighted by Crippen LogP contribution is -2.03. The summed E-state index contributed by atoms with van der Waals surface area (Å²) in [6, 6.07) is 89.0. The number of thiophene rings is 1. The minimum atomic E-state index is 0.762. The van der Waals surface area contributed by atoms with Crippen LogP contribution >= 0.6 is 11.3 Å². The van der Waals surface area contributed by atoms with Gasteiger partial charge in [0.1, 0.15) is 11.4 Å². The number of aromatic nitrogens is 3. The molecule has 10 aromatic carbocycles. The third-order valence-electron chi connectivity index (χ3n) is 12.8. The van der Waals surface area contributed by atoms with Crippen molar-refractivity contribution < 1.29 is 0 Å².